The third kappa shape index (κ3) is 3.72. The summed E-state index contributed by atoms with van der Waals surface area (Å²) < 4.78 is 23.2. The second-order valence-corrected chi connectivity index (χ2v) is 7.70. The molecule has 0 fully saturated rings. The summed E-state index contributed by atoms with van der Waals surface area (Å²) in [6.07, 6.45) is 2.12. The van der Waals surface area contributed by atoms with Crippen LogP contribution in [0.2, 0.25) is 0 Å². The molecule has 0 aliphatic heterocycles. The highest BCUT2D eigenvalue weighted by atomic mass is 32.2. The van der Waals surface area contributed by atoms with Crippen molar-refractivity contribution in [3.05, 3.63) is 33.9 Å². The van der Waals surface area contributed by atoms with Crippen LogP contribution in [0.1, 0.15) is 32.3 Å². The van der Waals surface area contributed by atoms with E-state index in [1.807, 2.05) is 13.8 Å². The first kappa shape index (κ1) is 17.4. The van der Waals surface area contributed by atoms with E-state index in [1.54, 1.807) is 19.1 Å². The summed E-state index contributed by atoms with van der Waals surface area (Å²) in [5.74, 6) is 0. The average Bonchev–Trinajstić information content (AvgIpc) is 2.40. The predicted octanol–water partition coefficient (Wildman–Crippen LogP) is 2.92. The SMILES string of the molecule is CCC(CC)(CNc1ccc(C)cc1[N+](=O)[O-])S(C)(=O)=O. The van der Waals surface area contributed by atoms with Gasteiger partial charge in [-0.2, -0.15) is 0 Å². The van der Waals surface area contributed by atoms with Gasteiger partial charge in [0.05, 0.1) is 9.67 Å². The van der Waals surface area contributed by atoms with Crippen LogP contribution in [0.4, 0.5) is 11.4 Å². The molecule has 0 aromatic heterocycles. The van der Waals surface area contributed by atoms with Crippen molar-refractivity contribution < 1.29 is 13.3 Å². The van der Waals surface area contributed by atoms with Crippen molar-refractivity contribution in [3.8, 4) is 0 Å². The van der Waals surface area contributed by atoms with Crippen molar-refractivity contribution >= 4 is 21.2 Å². The minimum atomic E-state index is -3.27. The van der Waals surface area contributed by atoms with Gasteiger partial charge in [0.1, 0.15) is 5.69 Å². The number of sulfone groups is 1. The Bertz CT molecular complexity index is 622. The Kier molecular flexibility index (Phi) is 5.33. The fourth-order valence-electron chi connectivity index (χ4n) is 2.35. The molecule has 0 unspecified atom stereocenters. The Morgan fingerprint density at radius 1 is 1.29 bits per heavy atom. The highest BCUT2D eigenvalue weighted by molar-refractivity contribution is 7.92. The summed E-state index contributed by atoms with van der Waals surface area (Å²) in [5, 5.41) is 14.0. The molecule has 0 aliphatic rings. The van der Waals surface area contributed by atoms with Gasteiger partial charge >= 0.3 is 0 Å². The number of anilines is 1. The van der Waals surface area contributed by atoms with Crippen LogP contribution in [0.25, 0.3) is 0 Å². The molecule has 1 rings (SSSR count). The number of nitrogens with zero attached hydrogens (tertiary/aromatic N) is 1. The minimum absolute atomic E-state index is 0.0374. The Labute approximate surface area is 125 Å². The highest BCUT2D eigenvalue weighted by Gasteiger charge is 2.37. The molecular formula is C14H22N2O4S. The summed E-state index contributed by atoms with van der Waals surface area (Å²) in [6.45, 7) is 5.56. The largest absolute Gasteiger partial charge is 0.378 e. The van der Waals surface area contributed by atoms with Crippen LogP contribution >= 0.6 is 0 Å². The van der Waals surface area contributed by atoms with Crippen LogP contribution in [-0.4, -0.2) is 30.9 Å². The molecule has 118 valence electrons. The topological polar surface area (TPSA) is 89.3 Å². The molecule has 0 aliphatic carbocycles. The van der Waals surface area contributed by atoms with E-state index < -0.39 is 19.5 Å². The number of nitrogens with one attached hydrogen (secondary N) is 1. The normalized spacial score (nSPS) is 12.2. The van der Waals surface area contributed by atoms with Crippen molar-refractivity contribution in [2.45, 2.75) is 38.4 Å². The van der Waals surface area contributed by atoms with E-state index in [4.69, 9.17) is 0 Å². The quantitative estimate of drug-likeness (QED) is 0.617. The molecule has 6 nitrogen and oxygen atoms in total. The lowest BCUT2D eigenvalue weighted by molar-refractivity contribution is -0.384. The third-order valence-corrected chi connectivity index (χ3v) is 6.32. The zero-order valence-electron chi connectivity index (χ0n) is 12.8. The smallest absolute Gasteiger partial charge is 0.292 e. The molecule has 0 spiro atoms. The van der Waals surface area contributed by atoms with Crippen molar-refractivity contribution in [1.82, 2.24) is 0 Å². The summed E-state index contributed by atoms with van der Waals surface area (Å²) in [4.78, 5) is 10.6. The first-order valence-corrected chi connectivity index (χ1v) is 8.74. The molecule has 1 N–H and O–H groups in total. The first-order valence-electron chi connectivity index (χ1n) is 6.85. The van der Waals surface area contributed by atoms with Gasteiger partial charge in [-0.3, -0.25) is 10.1 Å². The maximum absolute atomic E-state index is 12.0. The predicted molar refractivity (Wildman–Crippen MR) is 84.5 cm³/mol. The summed E-state index contributed by atoms with van der Waals surface area (Å²) in [5.41, 5.74) is 1.10. The van der Waals surface area contributed by atoms with Gasteiger partial charge in [-0.15, -0.1) is 0 Å². The van der Waals surface area contributed by atoms with Gasteiger partial charge < -0.3 is 5.32 Å². The van der Waals surface area contributed by atoms with Gasteiger partial charge in [-0.25, -0.2) is 8.42 Å². The van der Waals surface area contributed by atoms with Crippen LogP contribution in [0.3, 0.4) is 0 Å². The highest BCUT2D eigenvalue weighted by Crippen LogP contribution is 2.29. The number of rotatable bonds is 7. The van der Waals surface area contributed by atoms with Gasteiger partial charge in [-0.05, 0) is 31.4 Å². The van der Waals surface area contributed by atoms with Crippen LogP contribution in [0.5, 0.6) is 0 Å². The van der Waals surface area contributed by atoms with Gasteiger partial charge in [0.15, 0.2) is 9.84 Å². The summed E-state index contributed by atoms with van der Waals surface area (Å²) >= 11 is 0. The lowest BCUT2D eigenvalue weighted by Gasteiger charge is -2.30. The maximum Gasteiger partial charge on any atom is 0.292 e. The Hall–Kier alpha value is -1.63. The number of nitro benzene ring substituents is 1. The molecule has 0 heterocycles. The summed E-state index contributed by atoms with van der Waals surface area (Å²) in [6, 6.07) is 4.85. The molecule has 1 aromatic carbocycles. The number of aryl methyl sites for hydroxylation is 1. The molecule has 1 aromatic rings. The van der Waals surface area contributed by atoms with Crippen LogP contribution < -0.4 is 5.32 Å². The Morgan fingerprint density at radius 3 is 2.29 bits per heavy atom. The molecule has 0 bridgehead atoms. The molecule has 0 saturated heterocycles. The van der Waals surface area contributed by atoms with Crippen LogP contribution in [-0.2, 0) is 9.84 Å². The third-order valence-electron chi connectivity index (χ3n) is 4.03. The van der Waals surface area contributed by atoms with Gasteiger partial charge in [-0.1, -0.05) is 19.9 Å². The molecule has 0 atom stereocenters. The standard InChI is InChI=1S/C14H22N2O4S/c1-5-14(6-2,21(4,19)20)10-15-12-8-7-11(3)9-13(12)16(17)18/h7-9,15H,5-6,10H2,1-4H3. The van der Waals surface area contributed by atoms with E-state index in [9.17, 15) is 18.5 Å². The first-order chi connectivity index (χ1) is 9.66. The summed E-state index contributed by atoms with van der Waals surface area (Å²) in [7, 11) is -3.27. The molecule has 21 heavy (non-hydrogen) atoms. The second-order valence-electron chi connectivity index (χ2n) is 5.29. The van der Waals surface area contributed by atoms with Crippen LogP contribution in [0, 0.1) is 17.0 Å². The maximum atomic E-state index is 12.0. The van der Waals surface area contributed by atoms with E-state index in [1.165, 1.54) is 12.3 Å². The van der Waals surface area contributed by atoms with Gasteiger partial charge in [0, 0.05) is 18.9 Å². The second kappa shape index (κ2) is 6.43. The number of hydrogen-bond donors (Lipinski definition) is 1. The lowest BCUT2D eigenvalue weighted by Crippen LogP contribution is -2.43. The van der Waals surface area contributed by atoms with Crippen molar-refractivity contribution in [2.24, 2.45) is 0 Å². The monoisotopic (exact) mass is 314 g/mol. The van der Waals surface area contributed by atoms with Gasteiger partial charge in [0.25, 0.3) is 5.69 Å². The molecular weight excluding hydrogens is 292 g/mol. The lowest BCUT2D eigenvalue weighted by atomic mass is 10.0. The average molecular weight is 314 g/mol. The number of nitro groups is 1. The van der Waals surface area contributed by atoms with Gasteiger partial charge in [0.2, 0.25) is 0 Å². The van der Waals surface area contributed by atoms with Crippen LogP contribution in [0.15, 0.2) is 18.2 Å². The van der Waals surface area contributed by atoms with E-state index in [-0.39, 0.29) is 12.2 Å². The molecule has 7 heteroatoms. The fourth-order valence-corrected chi connectivity index (χ4v) is 3.74. The van der Waals surface area contributed by atoms with Crippen molar-refractivity contribution in [1.29, 1.82) is 0 Å². The fraction of sp³-hybridized carbons (Fsp3) is 0.571. The van der Waals surface area contributed by atoms with Crippen molar-refractivity contribution in [3.63, 3.8) is 0 Å². The van der Waals surface area contributed by atoms with E-state index in [2.05, 4.69) is 5.32 Å². The molecule has 0 saturated carbocycles. The minimum Gasteiger partial charge on any atom is -0.378 e. The van der Waals surface area contributed by atoms with Crippen molar-refractivity contribution in [2.75, 3.05) is 18.1 Å². The number of benzene rings is 1. The molecule has 0 radical (unpaired) electrons. The molecule has 0 amide bonds. The Balaban J connectivity index is 3.10. The van der Waals surface area contributed by atoms with E-state index in [0.717, 1.165) is 5.56 Å². The zero-order valence-corrected chi connectivity index (χ0v) is 13.7. The van der Waals surface area contributed by atoms with E-state index >= 15 is 0 Å². The zero-order chi connectivity index (χ0) is 16.3. The number of hydrogen-bond acceptors (Lipinski definition) is 5. The Morgan fingerprint density at radius 2 is 1.86 bits per heavy atom. The van der Waals surface area contributed by atoms with E-state index in [0.29, 0.717) is 18.5 Å².